The first-order chi connectivity index (χ1) is 10.2. The molecule has 0 aliphatic carbocycles. The van der Waals surface area contributed by atoms with E-state index in [1.165, 1.54) is 20.4 Å². The van der Waals surface area contributed by atoms with Crippen LogP contribution in [0.3, 0.4) is 0 Å². The second kappa shape index (κ2) is 6.60. The van der Waals surface area contributed by atoms with Gasteiger partial charge in [-0.2, -0.15) is 0 Å². The lowest BCUT2D eigenvalue weighted by Crippen LogP contribution is -2.12. The van der Waals surface area contributed by atoms with Crippen LogP contribution >= 0.6 is 0 Å². The number of aromatic nitrogens is 1. The molecular formula is C15H16N2O4. The quantitative estimate of drug-likeness (QED) is 0.914. The first kappa shape index (κ1) is 14.6. The minimum atomic E-state index is -0.261. The van der Waals surface area contributed by atoms with Crippen LogP contribution in [0.25, 0.3) is 0 Å². The molecular weight excluding hydrogens is 272 g/mol. The van der Waals surface area contributed by atoms with Gasteiger partial charge in [0.2, 0.25) is 5.88 Å². The van der Waals surface area contributed by atoms with Gasteiger partial charge in [-0.25, -0.2) is 4.98 Å². The summed E-state index contributed by atoms with van der Waals surface area (Å²) in [6.45, 7) is 0. The molecule has 1 amide bonds. The van der Waals surface area contributed by atoms with Gasteiger partial charge in [-0.3, -0.25) is 4.79 Å². The fourth-order valence-electron chi connectivity index (χ4n) is 1.76. The number of benzene rings is 1. The van der Waals surface area contributed by atoms with Gasteiger partial charge in [0.1, 0.15) is 0 Å². The summed E-state index contributed by atoms with van der Waals surface area (Å²) in [5, 5.41) is 2.74. The second-order valence-electron chi connectivity index (χ2n) is 4.11. The van der Waals surface area contributed by atoms with E-state index < -0.39 is 0 Å². The third-order valence-corrected chi connectivity index (χ3v) is 2.85. The molecule has 0 saturated carbocycles. The van der Waals surface area contributed by atoms with Crippen molar-refractivity contribution in [2.24, 2.45) is 0 Å². The van der Waals surface area contributed by atoms with Crippen molar-refractivity contribution in [1.82, 2.24) is 4.98 Å². The van der Waals surface area contributed by atoms with Crippen molar-refractivity contribution in [2.75, 3.05) is 26.6 Å². The summed E-state index contributed by atoms with van der Waals surface area (Å²) < 4.78 is 15.3. The number of methoxy groups -OCH3 is 3. The van der Waals surface area contributed by atoms with Crippen molar-refractivity contribution in [2.45, 2.75) is 0 Å². The van der Waals surface area contributed by atoms with E-state index in [0.29, 0.717) is 28.6 Å². The molecule has 0 radical (unpaired) electrons. The maximum absolute atomic E-state index is 12.2. The topological polar surface area (TPSA) is 69.7 Å². The standard InChI is InChI=1S/C15H16N2O4/c1-19-12-6-4-10(8-13(12)20-2)15(18)17-11-5-7-14(21-3)16-9-11/h4-9H,1-3H3,(H,17,18). The first-order valence-electron chi connectivity index (χ1n) is 6.21. The number of carbonyl (C=O) groups excluding carboxylic acids is 1. The summed E-state index contributed by atoms with van der Waals surface area (Å²) in [6.07, 6.45) is 1.53. The number of anilines is 1. The Labute approximate surface area is 122 Å². The molecule has 0 fully saturated rings. The zero-order valence-corrected chi connectivity index (χ0v) is 12.0. The third-order valence-electron chi connectivity index (χ3n) is 2.85. The first-order valence-corrected chi connectivity index (χ1v) is 6.21. The van der Waals surface area contributed by atoms with Crippen LogP contribution in [0.1, 0.15) is 10.4 Å². The smallest absolute Gasteiger partial charge is 0.255 e. The molecule has 110 valence electrons. The summed E-state index contributed by atoms with van der Waals surface area (Å²) in [4.78, 5) is 16.2. The van der Waals surface area contributed by atoms with E-state index in [9.17, 15) is 4.79 Å². The Bertz CT molecular complexity index is 626. The minimum Gasteiger partial charge on any atom is -0.493 e. The van der Waals surface area contributed by atoms with Crippen molar-refractivity contribution in [1.29, 1.82) is 0 Å². The lowest BCUT2D eigenvalue weighted by molar-refractivity contribution is 0.102. The van der Waals surface area contributed by atoms with E-state index in [1.807, 2.05) is 0 Å². The molecule has 0 unspecified atom stereocenters. The molecule has 0 bridgehead atoms. The van der Waals surface area contributed by atoms with E-state index in [-0.39, 0.29) is 5.91 Å². The lowest BCUT2D eigenvalue weighted by Gasteiger charge is -2.10. The van der Waals surface area contributed by atoms with E-state index in [2.05, 4.69) is 10.3 Å². The Kier molecular flexibility index (Phi) is 4.61. The SMILES string of the molecule is COc1ccc(NC(=O)c2ccc(OC)c(OC)c2)cn1. The van der Waals surface area contributed by atoms with Crippen molar-refractivity contribution in [3.05, 3.63) is 42.1 Å². The normalized spacial score (nSPS) is 9.86. The summed E-state index contributed by atoms with van der Waals surface area (Å²) in [5.41, 5.74) is 1.04. The van der Waals surface area contributed by atoms with Gasteiger partial charge in [-0.05, 0) is 24.3 Å². The molecule has 0 aliphatic heterocycles. The van der Waals surface area contributed by atoms with Crippen LogP contribution < -0.4 is 19.5 Å². The average Bonchev–Trinajstić information content (AvgIpc) is 2.54. The number of ether oxygens (including phenoxy) is 3. The summed E-state index contributed by atoms with van der Waals surface area (Å²) >= 11 is 0. The van der Waals surface area contributed by atoms with Crippen LogP contribution in [-0.4, -0.2) is 32.2 Å². The van der Waals surface area contributed by atoms with Gasteiger partial charge in [0.25, 0.3) is 5.91 Å². The van der Waals surface area contributed by atoms with Crippen LogP contribution in [0.5, 0.6) is 17.4 Å². The Morgan fingerprint density at radius 3 is 2.33 bits per heavy atom. The van der Waals surface area contributed by atoms with Gasteiger partial charge in [0, 0.05) is 11.6 Å². The molecule has 1 heterocycles. The van der Waals surface area contributed by atoms with E-state index >= 15 is 0 Å². The number of rotatable bonds is 5. The molecule has 1 aromatic heterocycles. The van der Waals surface area contributed by atoms with Gasteiger partial charge in [0.05, 0.1) is 33.2 Å². The zero-order chi connectivity index (χ0) is 15.2. The lowest BCUT2D eigenvalue weighted by atomic mass is 10.2. The molecule has 2 aromatic rings. The van der Waals surface area contributed by atoms with E-state index in [4.69, 9.17) is 14.2 Å². The van der Waals surface area contributed by atoms with E-state index in [0.717, 1.165) is 0 Å². The van der Waals surface area contributed by atoms with Crippen molar-refractivity contribution in [3.63, 3.8) is 0 Å². The van der Waals surface area contributed by atoms with Crippen LogP contribution in [0.15, 0.2) is 36.5 Å². The summed E-state index contributed by atoms with van der Waals surface area (Å²) in [6, 6.07) is 8.34. The Balaban J connectivity index is 2.15. The second-order valence-corrected chi connectivity index (χ2v) is 4.11. The summed E-state index contributed by atoms with van der Waals surface area (Å²) in [5.74, 6) is 1.29. The largest absolute Gasteiger partial charge is 0.493 e. The number of hydrogen-bond acceptors (Lipinski definition) is 5. The molecule has 0 saturated heterocycles. The Morgan fingerprint density at radius 1 is 1.00 bits per heavy atom. The number of nitrogens with one attached hydrogen (secondary N) is 1. The minimum absolute atomic E-state index is 0.261. The number of nitrogens with zero attached hydrogens (tertiary/aromatic N) is 1. The molecule has 0 atom stereocenters. The molecule has 2 rings (SSSR count). The molecule has 1 aromatic carbocycles. The molecule has 6 heteroatoms. The molecule has 1 N–H and O–H groups in total. The Hall–Kier alpha value is -2.76. The molecule has 0 aliphatic rings. The molecule has 0 spiro atoms. The predicted molar refractivity (Wildman–Crippen MR) is 78.3 cm³/mol. The fourth-order valence-corrected chi connectivity index (χ4v) is 1.76. The molecule has 21 heavy (non-hydrogen) atoms. The monoisotopic (exact) mass is 288 g/mol. The van der Waals surface area contributed by atoms with Gasteiger partial charge < -0.3 is 19.5 Å². The fraction of sp³-hybridized carbons (Fsp3) is 0.200. The maximum atomic E-state index is 12.2. The van der Waals surface area contributed by atoms with Crippen molar-refractivity contribution >= 4 is 11.6 Å². The molecule has 6 nitrogen and oxygen atoms in total. The highest BCUT2D eigenvalue weighted by Gasteiger charge is 2.11. The number of pyridine rings is 1. The average molecular weight is 288 g/mol. The third kappa shape index (κ3) is 3.42. The van der Waals surface area contributed by atoms with Gasteiger partial charge in [-0.15, -0.1) is 0 Å². The van der Waals surface area contributed by atoms with Crippen LogP contribution in [0, 0.1) is 0 Å². The van der Waals surface area contributed by atoms with Gasteiger partial charge >= 0.3 is 0 Å². The number of carbonyl (C=O) groups is 1. The maximum Gasteiger partial charge on any atom is 0.255 e. The number of amides is 1. The summed E-state index contributed by atoms with van der Waals surface area (Å²) in [7, 11) is 4.60. The van der Waals surface area contributed by atoms with Crippen LogP contribution in [0.4, 0.5) is 5.69 Å². The number of hydrogen-bond donors (Lipinski definition) is 1. The van der Waals surface area contributed by atoms with Gasteiger partial charge in [0.15, 0.2) is 11.5 Å². The predicted octanol–water partition coefficient (Wildman–Crippen LogP) is 2.36. The zero-order valence-electron chi connectivity index (χ0n) is 12.0. The highest BCUT2D eigenvalue weighted by Crippen LogP contribution is 2.27. The van der Waals surface area contributed by atoms with Gasteiger partial charge in [-0.1, -0.05) is 0 Å². The van der Waals surface area contributed by atoms with Crippen LogP contribution in [0.2, 0.25) is 0 Å². The Morgan fingerprint density at radius 2 is 1.76 bits per heavy atom. The highest BCUT2D eigenvalue weighted by molar-refractivity contribution is 6.04. The van der Waals surface area contributed by atoms with Crippen molar-refractivity contribution < 1.29 is 19.0 Å². The van der Waals surface area contributed by atoms with Crippen molar-refractivity contribution in [3.8, 4) is 17.4 Å². The highest BCUT2D eigenvalue weighted by atomic mass is 16.5. The van der Waals surface area contributed by atoms with E-state index in [1.54, 1.807) is 37.4 Å². The van der Waals surface area contributed by atoms with Crippen LogP contribution in [-0.2, 0) is 0 Å².